The van der Waals surface area contributed by atoms with Crippen molar-refractivity contribution >= 4 is 0 Å². The van der Waals surface area contributed by atoms with Crippen LogP contribution in [0.25, 0.3) is 0 Å². The van der Waals surface area contributed by atoms with Gasteiger partial charge in [-0.25, -0.2) is 0 Å². The molecule has 0 aromatic heterocycles. The zero-order valence-corrected chi connectivity index (χ0v) is 12.1. The molecule has 0 fully saturated rings. The van der Waals surface area contributed by atoms with Gasteiger partial charge in [-0.05, 0) is 43.0 Å². The lowest BCUT2D eigenvalue weighted by Gasteiger charge is -2.35. The number of likely N-dealkylation sites (N-methyl/N-ethyl adjacent to an activating group) is 1. The van der Waals surface area contributed by atoms with Crippen LogP contribution in [0.4, 0.5) is 0 Å². The maximum absolute atomic E-state index is 6.09. The molecule has 3 rings (SSSR count). The molecule has 3 heteroatoms. The molecule has 0 amide bonds. The van der Waals surface area contributed by atoms with Crippen LogP contribution in [0.3, 0.4) is 0 Å². The predicted molar refractivity (Wildman–Crippen MR) is 79.6 cm³/mol. The van der Waals surface area contributed by atoms with E-state index in [1.54, 1.807) is 0 Å². The van der Waals surface area contributed by atoms with Crippen molar-refractivity contribution in [3.63, 3.8) is 0 Å². The Balaban J connectivity index is 1.90. The average Bonchev–Trinajstić information content (AvgIpc) is 2.53. The fraction of sp³-hybridized carbons (Fsp3) is 0.529. The third-order valence-corrected chi connectivity index (χ3v) is 4.03. The van der Waals surface area contributed by atoms with Gasteiger partial charge in [0.25, 0.3) is 0 Å². The molecule has 1 aromatic carbocycles. The fourth-order valence-electron chi connectivity index (χ4n) is 3.07. The second-order valence-corrected chi connectivity index (χ2v) is 5.37. The minimum Gasteiger partial charge on any atom is -0.496 e. The zero-order valence-electron chi connectivity index (χ0n) is 12.1. The molecule has 2 unspecified atom stereocenters. The first-order valence-electron chi connectivity index (χ1n) is 7.66. The van der Waals surface area contributed by atoms with Gasteiger partial charge in [-0.3, -0.25) is 0 Å². The van der Waals surface area contributed by atoms with Gasteiger partial charge in [0.15, 0.2) is 0 Å². The maximum Gasteiger partial charge on any atom is 0.112 e. The smallest absolute Gasteiger partial charge is 0.112 e. The van der Waals surface area contributed by atoms with Gasteiger partial charge in [0.05, 0.1) is 19.3 Å². The van der Waals surface area contributed by atoms with E-state index in [1.165, 1.54) is 11.1 Å². The van der Waals surface area contributed by atoms with Crippen LogP contribution >= 0.6 is 0 Å². The van der Waals surface area contributed by atoms with Gasteiger partial charge < -0.3 is 14.8 Å². The molecule has 0 spiro atoms. The molecule has 20 heavy (non-hydrogen) atoms. The second kappa shape index (κ2) is 6.42. The van der Waals surface area contributed by atoms with Gasteiger partial charge in [-0.2, -0.15) is 0 Å². The van der Waals surface area contributed by atoms with E-state index < -0.39 is 0 Å². The standard InChI is InChI=1S/C17H23NO2/c1-2-18-16(15-9-5-6-11-19-15)17-14-8-4-3-7-13(14)10-12-20-17/h3-4,7-9,16-18H,2,5-6,10-12H2,1H3. The van der Waals surface area contributed by atoms with Crippen LogP contribution in [0.2, 0.25) is 0 Å². The van der Waals surface area contributed by atoms with E-state index in [9.17, 15) is 0 Å². The Morgan fingerprint density at radius 3 is 3.00 bits per heavy atom. The number of nitrogens with one attached hydrogen (secondary N) is 1. The first-order chi connectivity index (χ1) is 9.90. The van der Waals surface area contributed by atoms with E-state index >= 15 is 0 Å². The van der Waals surface area contributed by atoms with Crippen molar-refractivity contribution in [3.05, 3.63) is 47.2 Å². The van der Waals surface area contributed by atoms with E-state index in [2.05, 4.69) is 42.6 Å². The number of fused-ring (bicyclic) bond motifs is 1. The largest absolute Gasteiger partial charge is 0.496 e. The van der Waals surface area contributed by atoms with E-state index in [4.69, 9.17) is 9.47 Å². The van der Waals surface area contributed by atoms with Crippen LogP contribution in [0, 0.1) is 0 Å². The molecule has 2 aliphatic rings. The summed E-state index contributed by atoms with van der Waals surface area (Å²) in [5, 5.41) is 3.54. The third-order valence-electron chi connectivity index (χ3n) is 4.03. The average molecular weight is 273 g/mol. The molecule has 0 radical (unpaired) electrons. The normalized spacial score (nSPS) is 23.4. The Labute approximate surface area is 121 Å². The summed E-state index contributed by atoms with van der Waals surface area (Å²) in [5.41, 5.74) is 2.71. The molecule has 0 saturated carbocycles. The van der Waals surface area contributed by atoms with E-state index in [0.29, 0.717) is 0 Å². The van der Waals surface area contributed by atoms with Crippen molar-refractivity contribution in [1.29, 1.82) is 0 Å². The van der Waals surface area contributed by atoms with Crippen LogP contribution in [-0.2, 0) is 15.9 Å². The SMILES string of the molecule is CCNC(C1=CCCCO1)C1OCCc2ccccc21. The number of hydrogen-bond acceptors (Lipinski definition) is 3. The topological polar surface area (TPSA) is 30.5 Å². The number of hydrogen-bond donors (Lipinski definition) is 1. The molecule has 0 aliphatic carbocycles. The molecule has 0 bridgehead atoms. The summed E-state index contributed by atoms with van der Waals surface area (Å²) in [5.74, 6) is 1.06. The zero-order chi connectivity index (χ0) is 13.8. The van der Waals surface area contributed by atoms with Crippen molar-refractivity contribution < 1.29 is 9.47 Å². The number of ether oxygens (including phenoxy) is 2. The minimum atomic E-state index is 0.0595. The second-order valence-electron chi connectivity index (χ2n) is 5.37. The minimum absolute atomic E-state index is 0.0595. The highest BCUT2D eigenvalue weighted by Gasteiger charge is 2.32. The van der Waals surface area contributed by atoms with Crippen LogP contribution in [0.1, 0.15) is 37.0 Å². The number of benzene rings is 1. The number of rotatable bonds is 4. The van der Waals surface area contributed by atoms with Gasteiger partial charge in [0, 0.05) is 0 Å². The van der Waals surface area contributed by atoms with E-state index in [1.807, 2.05) is 0 Å². The van der Waals surface area contributed by atoms with Crippen molar-refractivity contribution in [3.8, 4) is 0 Å². The van der Waals surface area contributed by atoms with Crippen LogP contribution in [0.5, 0.6) is 0 Å². The summed E-state index contributed by atoms with van der Waals surface area (Å²) in [6.45, 7) is 4.65. The summed E-state index contributed by atoms with van der Waals surface area (Å²) >= 11 is 0. The first kappa shape index (κ1) is 13.7. The van der Waals surface area contributed by atoms with Crippen LogP contribution in [0.15, 0.2) is 36.1 Å². The summed E-state index contributed by atoms with van der Waals surface area (Å²) < 4.78 is 12.0. The Hall–Kier alpha value is -1.32. The van der Waals surface area contributed by atoms with Crippen LogP contribution in [-0.4, -0.2) is 25.8 Å². The first-order valence-corrected chi connectivity index (χ1v) is 7.66. The Morgan fingerprint density at radius 2 is 2.20 bits per heavy atom. The lowest BCUT2D eigenvalue weighted by molar-refractivity contribution is 0.00660. The van der Waals surface area contributed by atoms with Crippen molar-refractivity contribution in [1.82, 2.24) is 5.32 Å². The lowest BCUT2D eigenvalue weighted by atomic mass is 9.91. The van der Waals surface area contributed by atoms with Gasteiger partial charge in [0.1, 0.15) is 11.9 Å². The molecular formula is C17H23NO2. The molecule has 2 aliphatic heterocycles. The van der Waals surface area contributed by atoms with E-state index in [0.717, 1.165) is 44.8 Å². The molecular weight excluding hydrogens is 250 g/mol. The maximum atomic E-state index is 6.09. The predicted octanol–water partition coefficient (Wildman–Crippen LogP) is 2.97. The highest BCUT2D eigenvalue weighted by Crippen LogP contribution is 2.33. The van der Waals surface area contributed by atoms with E-state index in [-0.39, 0.29) is 12.1 Å². The Kier molecular flexibility index (Phi) is 4.38. The molecule has 1 N–H and O–H groups in total. The highest BCUT2D eigenvalue weighted by molar-refractivity contribution is 5.33. The summed E-state index contributed by atoms with van der Waals surface area (Å²) in [6, 6.07) is 8.73. The summed E-state index contributed by atoms with van der Waals surface area (Å²) in [7, 11) is 0. The number of allylic oxidation sites excluding steroid dienone is 1. The molecule has 2 atom stereocenters. The van der Waals surface area contributed by atoms with Gasteiger partial charge in [0.2, 0.25) is 0 Å². The molecule has 1 aromatic rings. The monoisotopic (exact) mass is 273 g/mol. The fourth-order valence-corrected chi connectivity index (χ4v) is 3.07. The lowest BCUT2D eigenvalue weighted by Crippen LogP contribution is -2.41. The molecule has 2 heterocycles. The summed E-state index contributed by atoms with van der Waals surface area (Å²) in [4.78, 5) is 0. The molecule has 0 saturated heterocycles. The van der Waals surface area contributed by atoms with Crippen molar-refractivity contribution in [2.24, 2.45) is 0 Å². The third kappa shape index (κ3) is 2.74. The Bertz CT molecular complexity index is 484. The highest BCUT2D eigenvalue weighted by atomic mass is 16.5. The van der Waals surface area contributed by atoms with Gasteiger partial charge in [-0.1, -0.05) is 31.2 Å². The van der Waals surface area contributed by atoms with Gasteiger partial charge in [-0.15, -0.1) is 0 Å². The van der Waals surface area contributed by atoms with Crippen molar-refractivity contribution in [2.75, 3.05) is 19.8 Å². The quantitative estimate of drug-likeness (QED) is 0.915. The summed E-state index contributed by atoms with van der Waals surface area (Å²) in [6.07, 6.45) is 5.50. The Morgan fingerprint density at radius 1 is 1.30 bits per heavy atom. The molecule has 3 nitrogen and oxygen atoms in total. The van der Waals surface area contributed by atoms with Crippen molar-refractivity contribution in [2.45, 2.75) is 38.3 Å². The molecule has 108 valence electrons. The van der Waals surface area contributed by atoms with Gasteiger partial charge >= 0.3 is 0 Å². The van der Waals surface area contributed by atoms with Crippen LogP contribution < -0.4 is 5.32 Å².